The number of hydrogen-bond acceptors (Lipinski definition) is 2. The molecule has 9 rings (SSSR count). The van der Waals surface area contributed by atoms with Crippen LogP contribution in [0.3, 0.4) is 0 Å². The van der Waals surface area contributed by atoms with Crippen molar-refractivity contribution in [3.63, 3.8) is 0 Å². The predicted molar refractivity (Wildman–Crippen MR) is 184 cm³/mol. The van der Waals surface area contributed by atoms with Gasteiger partial charge in [0.15, 0.2) is 11.6 Å². The molecule has 1 aliphatic rings. The molecule has 0 bridgehead atoms. The van der Waals surface area contributed by atoms with Crippen LogP contribution in [0.15, 0.2) is 146 Å². The molecule has 0 saturated carbocycles. The summed E-state index contributed by atoms with van der Waals surface area (Å²) in [5.41, 5.74) is 12.0. The lowest BCUT2D eigenvalue weighted by Gasteiger charge is -2.21. The third-order valence-electron chi connectivity index (χ3n) is 9.47. The fraction of sp³-hybridized carbons (Fsp3) is 0.0732. The molecular weight excluding hydrogens is 548 g/mol. The zero-order valence-corrected chi connectivity index (χ0v) is 25.1. The number of benzene rings is 6. The van der Waals surface area contributed by atoms with Gasteiger partial charge in [-0.25, -0.2) is 0 Å². The Hall–Kier alpha value is -5.74. The number of para-hydroxylation sites is 2. The van der Waals surface area contributed by atoms with Gasteiger partial charge in [0.2, 0.25) is 0 Å². The Bertz CT molecular complexity index is 2380. The standard InChI is InChI=1S/C41H30N4/c1-41(2)35-19-11-9-17-31(35)33-26-38-34(25-36(33)41)32-18-10-12-20-37(32)44(38)30-23-21-28(22-24-30)40-43-42-39(27-13-5-3-6-14-27)45(40)29-15-7-4-8-16-29/h3-26H,1-2H3. The molecule has 0 unspecified atom stereocenters. The summed E-state index contributed by atoms with van der Waals surface area (Å²) in [7, 11) is 0. The fourth-order valence-corrected chi connectivity index (χ4v) is 7.27. The van der Waals surface area contributed by atoms with Crippen LogP contribution >= 0.6 is 0 Å². The maximum Gasteiger partial charge on any atom is 0.168 e. The van der Waals surface area contributed by atoms with Crippen LogP contribution in [-0.2, 0) is 5.41 Å². The monoisotopic (exact) mass is 578 g/mol. The van der Waals surface area contributed by atoms with Crippen molar-refractivity contribution in [1.29, 1.82) is 0 Å². The van der Waals surface area contributed by atoms with E-state index in [-0.39, 0.29) is 5.41 Å². The summed E-state index contributed by atoms with van der Waals surface area (Å²) >= 11 is 0. The third-order valence-corrected chi connectivity index (χ3v) is 9.47. The first-order valence-corrected chi connectivity index (χ1v) is 15.4. The summed E-state index contributed by atoms with van der Waals surface area (Å²) in [6.45, 7) is 4.69. The van der Waals surface area contributed by atoms with Gasteiger partial charge < -0.3 is 4.57 Å². The molecule has 0 amide bonds. The average molecular weight is 579 g/mol. The molecule has 2 heterocycles. The minimum atomic E-state index is -0.0434. The minimum Gasteiger partial charge on any atom is -0.309 e. The molecule has 0 saturated heterocycles. The van der Waals surface area contributed by atoms with Gasteiger partial charge in [0.25, 0.3) is 0 Å². The molecule has 4 nitrogen and oxygen atoms in total. The molecule has 214 valence electrons. The Kier molecular flexibility index (Phi) is 5.51. The Labute approximate surface area is 261 Å². The van der Waals surface area contributed by atoms with E-state index >= 15 is 0 Å². The van der Waals surface area contributed by atoms with Crippen LogP contribution in [0, 0.1) is 0 Å². The zero-order valence-electron chi connectivity index (χ0n) is 25.1. The minimum absolute atomic E-state index is 0.0434. The SMILES string of the molecule is CC1(C)c2ccccc2-c2cc3c(cc21)c1ccccc1n3-c1ccc(-c2nnc(-c3ccccc3)n2-c2ccccc2)cc1. The highest BCUT2D eigenvalue weighted by atomic mass is 15.3. The molecule has 4 heteroatoms. The summed E-state index contributed by atoms with van der Waals surface area (Å²) in [5.74, 6) is 1.63. The average Bonchev–Trinajstić information content (AvgIpc) is 3.74. The van der Waals surface area contributed by atoms with Crippen molar-refractivity contribution >= 4 is 21.8 Å². The molecule has 45 heavy (non-hydrogen) atoms. The molecule has 0 N–H and O–H groups in total. The molecule has 1 aliphatic carbocycles. The normalized spacial score (nSPS) is 13.3. The highest BCUT2D eigenvalue weighted by molar-refractivity contribution is 6.11. The van der Waals surface area contributed by atoms with Crippen molar-refractivity contribution < 1.29 is 0 Å². The Morgan fingerprint density at radius 2 is 1.04 bits per heavy atom. The molecule has 0 spiro atoms. The van der Waals surface area contributed by atoms with Crippen LogP contribution < -0.4 is 0 Å². The third kappa shape index (κ3) is 3.79. The molecular formula is C41H30N4. The molecule has 0 radical (unpaired) electrons. The van der Waals surface area contributed by atoms with E-state index in [1.165, 1.54) is 44.1 Å². The maximum absolute atomic E-state index is 4.71. The fourth-order valence-electron chi connectivity index (χ4n) is 7.27. The van der Waals surface area contributed by atoms with Crippen molar-refractivity contribution in [1.82, 2.24) is 19.3 Å². The Balaban J connectivity index is 1.22. The number of rotatable bonds is 4. The number of nitrogens with zero attached hydrogens (tertiary/aromatic N) is 4. The first-order valence-electron chi connectivity index (χ1n) is 15.4. The van der Waals surface area contributed by atoms with Crippen LogP contribution in [0.5, 0.6) is 0 Å². The Morgan fingerprint density at radius 3 is 1.80 bits per heavy atom. The van der Waals surface area contributed by atoms with Gasteiger partial charge in [0.05, 0.1) is 11.0 Å². The lowest BCUT2D eigenvalue weighted by atomic mass is 9.82. The summed E-state index contributed by atoms with van der Waals surface area (Å²) < 4.78 is 4.55. The van der Waals surface area contributed by atoms with Crippen molar-refractivity contribution in [2.24, 2.45) is 0 Å². The van der Waals surface area contributed by atoms with E-state index in [9.17, 15) is 0 Å². The van der Waals surface area contributed by atoms with E-state index in [1.807, 2.05) is 24.3 Å². The predicted octanol–water partition coefficient (Wildman–Crippen LogP) is 10.0. The summed E-state index contributed by atoms with van der Waals surface area (Å²) in [5, 5.41) is 11.9. The van der Waals surface area contributed by atoms with Crippen LogP contribution in [0.2, 0.25) is 0 Å². The van der Waals surface area contributed by atoms with Gasteiger partial charge in [-0.3, -0.25) is 4.57 Å². The molecule has 8 aromatic rings. The van der Waals surface area contributed by atoms with E-state index in [1.54, 1.807) is 0 Å². The van der Waals surface area contributed by atoms with Gasteiger partial charge in [0, 0.05) is 38.7 Å². The highest BCUT2D eigenvalue weighted by Gasteiger charge is 2.36. The first kappa shape index (κ1) is 25.7. The summed E-state index contributed by atoms with van der Waals surface area (Å²) in [4.78, 5) is 0. The topological polar surface area (TPSA) is 35.6 Å². The largest absolute Gasteiger partial charge is 0.309 e. The molecule has 6 aromatic carbocycles. The second-order valence-corrected chi connectivity index (χ2v) is 12.4. The lowest BCUT2D eigenvalue weighted by Crippen LogP contribution is -2.14. The summed E-state index contributed by atoms with van der Waals surface area (Å²) in [6, 6.07) is 51.8. The van der Waals surface area contributed by atoms with Crippen LogP contribution in [-0.4, -0.2) is 19.3 Å². The van der Waals surface area contributed by atoms with Crippen molar-refractivity contribution in [2.45, 2.75) is 19.3 Å². The Morgan fingerprint density at radius 1 is 0.444 bits per heavy atom. The zero-order chi connectivity index (χ0) is 30.1. The van der Waals surface area contributed by atoms with Gasteiger partial charge >= 0.3 is 0 Å². The van der Waals surface area contributed by atoms with Gasteiger partial charge in [-0.1, -0.05) is 105 Å². The van der Waals surface area contributed by atoms with Gasteiger partial charge in [-0.15, -0.1) is 10.2 Å². The van der Waals surface area contributed by atoms with Crippen molar-refractivity contribution in [3.8, 4) is 45.3 Å². The van der Waals surface area contributed by atoms with Gasteiger partial charge in [0.1, 0.15) is 0 Å². The highest BCUT2D eigenvalue weighted by Crippen LogP contribution is 2.51. The lowest BCUT2D eigenvalue weighted by molar-refractivity contribution is 0.661. The van der Waals surface area contributed by atoms with E-state index in [0.717, 1.165) is 34.2 Å². The molecule has 0 atom stereocenters. The van der Waals surface area contributed by atoms with E-state index in [4.69, 9.17) is 5.10 Å². The molecule has 0 fully saturated rings. The van der Waals surface area contributed by atoms with Crippen LogP contribution in [0.1, 0.15) is 25.0 Å². The number of fused-ring (bicyclic) bond motifs is 6. The van der Waals surface area contributed by atoms with Crippen molar-refractivity contribution in [3.05, 3.63) is 157 Å². The number of aromatic nitrogens is 4. The van der Waals surface area contributed by atoms with Crippen LogP contribution in [0.25, 0.3) is 67.1 Å². The van der Waals surface area contributed by atoms with Gasteiger partial charge in [-0.2, -0.15) is 0 Å². The van der Waals surface area contributed by atoms with Crippen LogP contribution in [0.4, 0.5) is 0 Å². The maximum atomic E-state index is 4.71. The summed E-state index contributed by atoms with van der Waals surface area (Å²) in [6.07, 6.45) is 0. The van der Waals surface area contributed by atoms with E-state index in [2.05, 4.69) is 149 Å². The second-order valence-electron chi connectivity index (χ2n) is 12.4. The van der Waals surface area contributed by atoms with E-state index < -0.39 is 0 Å². The van der Waals surface area contributed by atoms with Crippen molar-refractivity contribution in [2.75, 3.05) is 0 Å². The number of hydrogen-bond donors (Lipinski definition) is 0. The second kappa shape index (κ2) is 9.63. The first-order chi connectivity index (χ1) is 22.1. The van der Waals surface area contributed by atoms with Gasteiger partial charge in [-0.05, 0) is 76.9 Å². The quantitative estimate of drug-likeness (QED) is 0.208. The van der Waals surface area contributed by atoms with E-state index in [0.29, 0.717) is 0 Å². The molecule has 0 aliphatic heterocycles. The smallest absolute Gasteiger partial charge is 0.168 e. The molecule has 2 aromatic heterocycles.